The molecule has 4 amide bonds. The van der Waals surface area contributed by atoms with Gasteiger partial charge in [0.05, 0.1) is 0 Å². The van der Waals surface area contributed by atoms with Crippen LogP contribution in [-0.2, 0) is 6.42 Å². The quantitative estimate of drug-likeness (QED) is 0.0508. The fourth-order valence-electron chi connectivity index (χ4n) is 7.75. The molecule has 0 unspecified atom stereocenters. The van der Waals surface area contributed by atoms with Gasteiger partial charge in [-0.2, -0.15) is 0 Å². The van der Waals surface area contributed by atoms with Crippen LogP contribution >= 0.6 is 0 Å². The van der Waals surface area contributed by atoms with Crippen LogP contribution in [-0.4, -0.2) is 74.2 Å². The van der Waals surface area contributed by atoms with Gasteiger partial charge in [0.1, 0.15) is 0 Å². The van der Waals surface area contributed by atoms with Crippen LogP contribution in [0.25, 0.3) is 0 Å². The number of nitrogens with zero attached hydrogens (tertiary/aromatic N) is 2. The number of benzene rings is 2. The molecule has 0 spiro atoms. The monoisotopic (exact) mass is 819 g/mol. The predicted octanol–water partition coefficient (Wildman–Crippen LogP) is 13.6. The van der Waals surface area contributed by atoms with Crippen LogP contribution < -0.4 is 21.3 Å². The zero-order valence-electron chi connectivity index (χ0n) is 38.7. The molecule has 336 valence electrons. The minimum atomic E-state index is -0.146. The molecule has 0 saturated carbocycles. The summed E-state index contributed by atoms with van der Waals surface area (Å²) in [5.74, 6) is 0. The molecule has 2 aromatic rings. The molecule has 59 heavy (non-hydrogen) atoms. The van der Waals surface area contributed by atoms with Crippen LogP contribution in [0.3, 0.4) is 0 Å². The van der Waals surface area contributed by atoms with Gasteiger partial charge in [-0.3, -0.25) is 0 Å². The number of rotatable bonds is 38. The highest BCUT2D eigenvalue weighted by Crippen LogP contribution is 2.17. The van der Waals surface area contributed by atoms with Gasteiger partial charge in [-0.25, -0.2) is 9.59 Å². The van der Waals surface area contributed by atoms with Crippen molar-refractivity contribution in [2.75, 3.05) is 63.0 Å². The minimum Gasteiger partial charge on any atom is -0.338 e. The molecule has 0 aliphatic heterocycles. The Morgan fingerprint density at radius 2 is 0.644 bits per heavy atom. The lowest BCUT2D eigenvalue weighted by Gasteiger charge is -2.22. The number of carbonyl (C=O) groups is 2. The van der Waals surface area contributed by atoms with Crippen LogP contribution in [0.15, 0.2) is 48.5 Å². The molecule has 2 aromatic carbocycles. The third-order valence-electron chi connectivity index (χ3n) is 11.5. The number of unbranched alkanes of at least 4 members (excludes halogenated alkanes) is 18. The molecule has 0 saturated heterocycles. The Balaban J connectivity index is 1.63. The third kappa shape index (κ3) is 28.9. The van der Waals surface area contributed by atoms with E-state index >= 15 is 0 Å². The maximum atomic E-state index is 12.6. The Hall–Kier alpha value is -3.10. The van der Waals surface area contributed by atoms with Gasteiger partial charge in [0.2, 0.25) is 0 Å². The lowest BCUT2D eigenvalue weighted by molar-refractivity contribution is 0.247. The van der Waals surface area contributed by atoms with E-state index in [1.807, 2.05) is 24.3 Å². The third-order valence-corrected chi connectivity index (χ3v) is 11.5. The molecule has 0 aromatic heterocycles. The van der Waals surface area contributed by atoms with E-state index in [9.17, 15) is 9.59 Å². The van der Waals surface area contributed by atoms with Gasteiger partial charge >= 0.3 is 12.1 Å². The summed E-state index contributed by atoms with van der Waals surface area (Å²) in [4.78, 5) is 30.5. The van der Waals surface area contributed by atoms with E-state index in [1.54, 1.807) is 0 Å². The van der Waals surface area contributed by atoms with E-state index in [-0.39, 0.29) is 12.1 Å². The maximum Gasteiger partial charge on any atom is 0.319 e. The molecule has 4 N–H and O–H groups in total. The second-order valence-corrected chi connectivity index (χ2v) is 17.1. The lowest BCUT2D eigenvalue weighted by Crippen LogP contribution is -2.31. The van der Waals surface area contributed by atoms with Crippen LogP contribution in [0, 0.1) is 0 Å². The second-order valence-electron chi connectivity index (χ2n) is 17.1. The highest BCUT2D eigenvalue weighted by molar-refractivity contribution is 5.89. The lowest BCUT2D eigenvalue weighted by atomic mass is 10.0. The predicted molar refractivity (Wildman–Crippen MR) is 256 cm³/mol. The molecule has 8 heteroatoms. The number of carbonyl (C=O) groups excluding carboxylic acids is 2. The molecule has 0 aliphatic rings. The summed E-state index contributed by atoms with van der Waals surface area (Å²) in [7, 11) is 0. The largest absolute Gasteiger partial charge is 0.338 e. The molecule has 8 nitrogen and oxygen atoms in total. The van der Waals surface area contributed by atoms with Crippen LogP contribution in [0.4, 0.5) is 21.0 Å². The van der Waals surface area contributed by atoms with Gasteiger partial charge < -0.3 is 31.1 Å². The number of nitrogens with one attached hydrogen (secondary N) is 4. The first-order chi connectivity index (χ1) is 29.0. The highest BCUT2D eigenvalue weighted by Gasteiger charge is 2.09. The Bertz CT molecular complexity index is 1170. The summed E-state index contributed by atoms with van der Waals surface area (Å²) in [6.45, 7) is 17.6. The van der Waals surface area contributed by atoms with Crippen molar-refractivity contribution in [2.45, 2.75) is 188 Å². The van der Waals surface area contributed by atoms with Gasteiger partial charge in [0.15, 0.2) is 0 Å². The summed E-state index contributed by atoms with van der Waals surface area (Å²) in [6.07, 6.45) is 31.6. The zero-order valence-corrected chi connectivity index (χ0v) is 38.7. The van der Waals surface area contributed by atoms with Crippen molar-refractivity contribution in [3.8, 4) is 0 Å². The normalized spacial score (nSPS) is 11.4. The van der Waals surface area contributed by atoms with E-state index in [4.69, 9.17) is 0 Å². The number of hydrogen-bond donors (Lipinski definition) is 4. The smallest absolute Gasteiger partial charge is 0.319 e. The van der Waals surface area contributed by atoms with Crippen molar-refractivity contribution in [3.05, 3.63) is 59.7 Å². The summed E-state index contributed by atoms with van der Waals surface area (Å²) >= 11 is 0. The fourth-order valence-corrected chi connectivity index (χ4v) is 7.75. The van der Waals surface area contributed by atoms with Gasteiger partial charge in [-0.15, -0.1) is 0 Å². The summed E-state index contributed by atoms with van der Waals surface area (Å²) in [5.41, 5.74) is 3.92. The summed E-state index contributed by atoms with van der Waals surface area (Å²) < 4.78 is 0. The summed E-state index contributed by atoms with van der Waals surface area (Å²) in [5, 5.41) is 12.1. The number of hydrogen-bond acceptors (Lipinski definition) is 4. The Labute approximate surface area is 363 Å². The van der Waals surface area contributed by atoms with Crippen molar-refractivity contribution in [2.24, 2.45) is 0 Å². The van der Waals surface area contributed by atoms with E-state index in [0.29, 0.717) is 13.1 Å². The first-order valence-electron chi connectivity index (χ1n) is 24.7. The Kier molecular flexibility index (Phi) is 32.4. The molecule has 0 radical (unpaired) electrons. The van der Waals surface area contributed by atoms with Crippen molar-refractivity contribution >= 4 is 23.4 Å². The first-order valence-corrected chi connectivity index (χ1v) is 24.7. The average Bonchev–Trinajstić information content (AvgIpc) is 3.24. The van der Waals surface area contributed by atoms with Gasteiger partial charge in [-0.05, 0) is 132 Å². The molecule has 0 heterocycles. The number of urea groups is 2. The van der Waals surface area contributed by atoms with Crippen LogP contribution in [0.2, 0.25) is 0 Å². The van der Waals surface area contributed by atoms with Crippen LogP contribution in [0.5, 0.6) is 0 Å². The minimum absolute atomic E-state index is 0.146. The average molecular weight is 819 g/mol. The Morgan fingerprint density at radius 3 is 0.966 bits per heavy atom. The summed E-state index contributed by atoms with van der Waals surface area (Å²) in [6, 6.07) is 15.8. The number of anilines is 2. The molecule has 0 atom stereocenters. The van der Waals surface area contributed by atoms with E-state index in [0.717, 1.165) is 56.6 Å². The van der Waals surface area contributed by atoms with E-state index < -0.39 is 0 Å². The van der Waals surface area contributed by atoms with Crippen molar-refractivity contribution in [1.29, 1.82) is 0 Å². The van der Waals surface area contributed by atoms with Crippen molar-refractivity contribution in [3.63, 3.8) is 0 Å². The van der Waals surface area contributed by atoms with Gasteiger partial charge in [0, 0.05) is 24.5 Å². The second kappa shape index (κ2) is 36.7. The van der Waals surface area contributed by atoms with Gasteiger partial charge in [0.25, 0.3) is 0 Å². The zero-order chi connectivity index (χ0) is 42.4. The fraction of sp³-hybridized carbons (Fsp3) is 0.725. The van der Waals surface area contributed by atoms with E-state index in [1.165, 1.54) is 166 Å². The van der Waals surface area contributed by atoms with Crippen molar-refractivity contribution in [1.82, 2.24) is 20.4 Å². The molecular formula is C51H90N6O2. The Morgan fingerprint density at radius 1 is 0.373 bits per heavy atom. The molecular weight excluding hydrogens is 729 g/mol. The highest BCUT2D eigenvalue weighted by atomic mass is 16.2. The van der Waals surface area contributed by atoms with Crippen LogP contribution in [0.1, 0.15) is 193 Å². The van der Waals surface area contributed by atoms with E-state index in [2.05, 4.69) is 83.0 Å². The molecule has 0 bridgehead atoms. The maximum absolute atomic E-state index is 12.6. The molecule has 0 aliphatic carbocycles. The topological polar surface area (TPSA) is 88.7 Å². The van der Waals surface area contributed by atoms with Crippen molar-refractivity contribution < 1.29 is 9.59 Å². The first kappa shape index (κ1) is 52.0. The standard InChI is InChI=1S/C51H90N6O2/c1-5-9-13-17-19-25-41-56(39-23-15-11-7-3)43-27-21-37-52-50(58)54-48-33-29-46(30-34-48)45-47-31-35-49(36-32-47)55-51(59)53-38-22-28-44-57(40-24-16-12-8-4)42-26-20-18-14-10-6-2/h29-36H,5-28,37-45H2,1-4H3,(H2,52,54,58)(H2,53,55,59). The molecule has 0 fully saturated rings. The SMILES string of the molecule is CCCCCCCCN(CCCCCC)CCCCNC(=O)Nc1ccc(Cc2ccc(NC(=O)NCCCCN(CCCCCC)CCCCCCCC)cc2)cc1. The number of amides is 4. The van der Waals surface area contributed by atoms with Gasteiger partial charge in [-0.1, -0.05) is 155 Å². The molecule has 2 rings (SSSR count).